The third-order valence-electron chi connectivity index (χ3n) is 25.1. The molecular formula is C66H71N5O10. The fourth-order valence-corrected chi connectivity index (χ4v) is 22.1. The highest BCUT2D eigenvalue weighted by Crippen LogP contribution is 2.77. The first-order valence-corrected chi connectivity index (χ1v) is 30.8. The molecule has 9 N–H and O–H groups in total. The zero-order valence-electron chi connectivity index (χ0n) is 45.9. The maximum absolute atomic E-state index is 15.5. The van der Waals surface area contributed by atoms with Crippen LogP contribution in [0.1, 0.15) is 199 Å². The summed E-state index contributed by atoms with van der Waals surface area (Å²) in [5.41, 5.74) is 4.33. The average molecular weight is 1090 g/mol. The smallest absolute Gasteiger partial charge is 0.261 e. The van der Waals surface area contributed by atoms with Crippen LogP contribution in [0, 0.1) is 40.4 Å². The number of anilines is 1. The number of ketones is 2. The molecule has 6 fully saturated rings. The molecule has 15 nitrogen and oxygen atoms in total. The molecule has 3 aromatic heterocycles. The summed E-state index contributed by atoms with van der Waals surface area (Å²) < 4.78 is 15.2. The Kier molecular flexibility index (Phi) is 9.49. The van der Waals surface area contributed by atoms with E-state index < -0.39 is 69.7 Å². The highest BCUT2D eigenvalue weighted by Gasteiger charge is 2.77. The Labute approximate surface area is 469 Å². The van der Waals surface area contributed by atoms with E-state index in [9.17, 15) is 30.6 Å². The molecule has 19 rings (SSSR count). The summed E-state index contributed by atoms with van der Waals surface area (Å²) in [5.74, 6) is -3.47. The molecule has 7 heterocycles. The number of aryl methyl sites for hydroxylation is 2. The van der Waals surface area contributed by atoms with E-state index in [4.69, 9.17) is 19.4 Å². The fourth-order valence-electron chi connectivity index (χ4n) is 22.1. The topological polar surface area (TPSA) is 243 Å². The maximum atomic E-state index is 15.5. The van der Waals surface area contributed by atoms with Crippen LogP contribution in [-0.4, -0.2) is 111 Å². The van der Waals surface area contributed by atoms with E-state index in [0.717, 1.165) is 137 Å². The molecule has 5 saturated carbocycles. The van der Waals surface area contributed by atoms with Crippen molar-refractivity contribution in [1.29, 1.82) is 0 Å². The second-order valence-electron chi connectivity index (χ2n) is 28.4. The molecule has 2 aromatic carbocycles. The van der Waals surface area contributed by atoms with E-state index in [2.05, 4.69) is 15.3 Å². The Balaban J connectivity index is 0.987. The van der Waals surface area contributed by atoms with Gasteiger partial charge < -0.3 is 55.4 Å². The number of fused-ring (bicyclic) bond motifs is 10. The van der Waals surface area contributed by atoms with Crippen LogP contribution in [-0.2, 0) is 23.0 Å². The molecule has 7 spiro atoms. The zero-order valence-corrected chi connectivity index (χ0v) is 45.9. The number of hydrogen-bond acceptors (Lipinski definition) is 13. The van der Waals surface area contributed by atoms with Gasteiger partial charge in [-0.1, -0.05) is 37.7 Å². The predicted octanol–water partition coefficient (Wildman–Crippen LogP) is 8.71. The Morgan fingerprint density at radius 2 is 1.56 bits per heavy atom. The number of carbonyl (C=O) groups is 2. The van der Waals surface area contributed by atoms with Crippen molar-refractivity contribution < 1.29 is 49.7 Å². The predicted molar refractivity (Wildman–Crippen MR) is 297 cm³/mol. The number of ether oxygens (including phenoxy) is 2. The van der Waals surface area contributed by atoms with Crippen LogP contribution in [0.5, 0.6) is 11.5 Å². The highest BCUT2D eigenvalue weighted by atomic mass is 16.7. The third kappa shape index (κ3) is 5.65. The Hall–Kier alpha value is -5.68. The summed E-state index contributed by atoms with van der Waals surface area (Å²) in [6.07, 6.45) is 16.3. The molecule has 0 radical (unpaired) electrons. The highest BCUT2D eigenvalue weighted by molar-refractivity contribution is 6.34. The Bertz CT molecular complexity index is 3760. The molecule has 8 bridgehead atoms. The number of carbonyl (C=O) groups excluding carboxylic acids is 2. The van der Waals surface area contributed by atoms with Crippen molar-refractivity contribution in [3.05, 3.63) is 116 Å². The van der Waals surface area contributed by atoms with Crippen molar-refractivity contribution >= 4 is 33.7 Å². The van der Waals surface area contributed by atoms with E-state index in [1.807, 2.05) is 6.33 Å². The number of nitrogens with zero attached hydrogens (tertiary/aromatic N) is 2. The maximum Gasteiger partial charge on any atom is 0.261 e. The van der Waals surface area contributed by atoms with E-state index >= 15 is 9.59 Å². The van der Waals surface area contributed by atoms with Crippen molar-refractivity contribution in [2.24, 2.45) is 33.5 Å². The molecule has 0 amide bonds. The van der Waals surface area contributed by atoms with Gasteiger partial charge >= 0.3 is 0 Å². The largest absolute Gasteiger partial charge is 0.507 e. The Morgan fingerprint density at radius 3 is 2.36 bits per heavy atom. The number of pyridine rings is 1. The number of hydrogen-bond donors (Lipinski definition) is 9. The Morgan fingerprint density at radius 1 is 0.778 bits per heavy atom. The number of nitrogens with one attached hydrogen (secondary N) is 3. The lowest BCUT2D eigenvalue weighted by Crippen LogP contribution is -2.79. The summed E-state index contributed by atoms with van der Waals surface area (Å²) in [6.45, 7) is 1.79. The first-order chi connectivity index (χ1) is 39.1. The van der Waals surface area contributed by atoms with E-state index in [0.29, 0.717) is 70.8 Å². The van der Waals surface area contributed by atoms with Crippen LogP contribution in [0.25, 0.3) is 16.3 Å². The van der Waals surface area contributed by atoms with Crippen LogP contribution in [0.15, 0.2) is 54.0 Å². The molecule has 81 heavy (non-hydrogen) atoms. The van der Waals surface area contributed by atoms with Gasteiger partial charge in [0.1, 0.15) is 29.5 Å². The lowest BCUT2D eigenvalue weighted by Gasteiger charge is -2.64. The number of aromatic amines is 2. The summed E-state index contributed by atoms with van der Waals surface area (Å²) in [7, 11) is 0. The molecular weight excluding hydrogens is 1020 g/mol. The van der Waals surface area contributed by atoms with Crippen molar-refractivity contribution in [3.8, 4) is 11.5 Å². The lowest BCUT2D eigenvalue weighted by molar-refractivity contribution is -0.366. The van der Waals surface area contributed by atoms with Gasteiger partial charge in [0.2, 0.25) is 5.78 Å². The second-order valence-corrected chi connectivity index (χ2v) is 28.4. The number of rotatable bonds is 0. The number of aromatic hydroxyl groups is 1. The monoisotopic (exact) mass is 1090 g/mol. The number of aromatic nitrogens is 4. The number of phenolic OH excluding ortho intramolecular Hbond substituents is 1. The number of imidazole rings is 1. The summed E-state index contributed by atoms with van der Waals surface area (Å²) in [5, 5.41) is 84.6. The lowest BCUT2D eigenvalue weighted by atomic mass is 9.49. The summed E-state index contributed by atoms with van der Waals surface area (Å²) in [4.78, 5) is 48.9. The fraction of sp³-hybridized carbons (Fsp3) is 0.576. The second kappa shape index (κ2) is 15.7. The van der Waals surface area contributed by atoms with E-state index in [-0.39, 0.29) is 57.0 Å². The van der Waals surface area contributed by atoms with Gasteiger partial charge in [-0.3, -0.25) is 9.59 Å². The molecule has 10 aliphatic carbocycles. The van der Waals surface area contributed by atoms with Crippen molar-refractivity contribution in [1.82, 2.24) is 19.9 Å². The minimum absolute atomic E-state index is 0.00709. The van der Waals surface area contributed by atoms with Gasteiger partial charge in [-0.15, -0.1) is 0 Å². The van der Waals surface area contributed by atoms with Gasteiger partial charge in [-0.05, 0) is 196 Å². The van der Waals surface area contributed by atoms with Gasteiger partial charge in [0, 0.05) is 62.7 Å². The average Bonchev–Trinajstić information content (AvgIpc) is 1.72. The molecule has 15 heteroatoms. The van der Waals surface area contributed by atoms with E-state index in [1.54, 1.807) is 37.4 Å². The standard InChI is InChI=1S/C66H71N5O10/c1-31-21-37-46(42(72)22-31)52(75)48-43-23-36-34(47(48)51(37)74)13-20-67-58(36)68-27-44(73)63-29-61(16-4-5-17-61)25-39(63)45-35-11-9-32-7-6-8-33-10-12-41-55(70-30-69-41)65(32,33)54(35)71-50(45)38-24-64(80-43)56(77)53(76)57(78)66(81-64)49(38)40(63)26-62(59(66)79)19-18-60(28-62)14-2-3-15-60/h13,20-24,30,32-33,39,44,53,56-57,59,71-73,76-79H,2-12,14-19,25-29H2,1H3,(H,67,68)(H,69,70). The first-order valence-electron chi connectivity index (χ1n) is 30.8. The minimum atomic E-state index is -2.44. The van der Waals surface area contributed by atoms with Gasteiger partial charge in [-0.2, -0.15) is 0 Å². The number of aliphatic hydroxyl groups excluding tert-OH is 5. The quantitative estimate of drug-likeness (QED) is 0.0692. The van der Waals surface area contributed by atoms with Crippen molar-refractivity contribution in [2.75, 3.05) is 11.9 Å². The van der Waals surface area contributed by atoms with Gasteiger partial charge in [0.05, 0.1) is 40.8 Å². The molecule has 13 unspecified atom stereocenters. The number of aliphatic hydroxyl groups is 5. The first kappa shape index (κ1) is 48.8. The zero-order chi connectivity index (χ0) is 54.7. The molecule has 13 atom stereocenters. The number of benzene rings is 2. The van der Waals surface area contributed by atoms with Crippen LogP contribution in [0.4, 0.5) is 5.82 Å². The normalized spacial score (nSPS) is 39.4. The number of phenols is 1. The van der Waals surface area contributed by atoms with Gasteiger partial charge in [0.25, 0.3) is 5.79 Å². The van der Waals surface area contributed by atoms with Crippen LogP contribution >= 0.6 is 0 Å². The SMILES string of the molecule is Cc1cc(O)c2c(c1)C(=O)c1c(c3cc4c(nccc14)NCC(O)C14CC5(CCCC5)CC1c1c([nH]c5c1CCC1CCCC6CCc7[nH]cnc7C561)C1=CC5(O3)OC3(C1=C4CC1(CCC4(CCCC4)C1)C3O)C(O)C(O)C5O)C2=O. The molecule has 14 aliphatic rings. The third-order valence-corrected chi connectivity index (χ3v) is 25.1. The summed E-state index contributed by atoms with van der Waals surface area (Å²) >= 11 is 0. The van der Waals surface area contributed by atoms with Crippen LogP contribution in [0.3, 0.4) is 0 Å². The van der Waals surface area contributed by atoms with E-state index in [1.165, 1.54) is 17.3 Å². The van der Waals surface area contributed by atoms with Crippen molar-refractivity contribution in [3.63, 3.8) is 0 Å². The molecule has 1 saturated heterocycles. The van der Waals surface area contributed by atoms with Gasteiger partial charge in [0.15, 0.2) is 17.5 Å². The number of H-pyrrole nitrogens is 2. The van der Waals surface area contributed by atoms with Gasteiger partial charge in [-0.25, -0.2) is 9.97 Å². The molecule has 5 aromatic rings. The van der Waals surface area contributed by atoms with Crippen LogP contribution < -0.4 is 10.1 Å². The summed E-state index contributed by atoms with van der Waals surface area (Å²) in [6, 6.07) is 6.34. The molecule has 420 valence electrons. The van der Waals surface area contributed by atoms with Crippen molar-refractivity contribution in [2.45, 2.75) is 195 Å². The van der Waals surface area contributed by atoms with Crippen LogP contribution in [0.2, 0.25) is 0 Å². The molecule has 4 aliphatic heterocycles. The minimum Gasteiger partial charge on any atom is -0.507 e.